The largest absolute Gasteiger partial charge is 0.480 e. The van der Waals surface area contributed by atoms with Gasteiger partial charge in [0.15, 0.2) is 12.2 Å². The summed E-state index contributed by atoms with van der Waals surface area (Å²) in [6, 6.07) is 0. The van der Waals surface area contributed by atoms with Gasteiger partial charge in [0.25, 0.3) is 0 Å². The van der Waals surface area contributed by atoms with Crippen molar-refractivity contribution in [3.05, 3.63) is 0 Å². The first-order chi connectivity index (χ1) is 24.8. The Morgan fingerprint density at radius 1 is 0.556 bits per heavy atom. The summed E-state index contributed by atoms with van der Waals surface area (Å²) in [6.45, 7) is 26.7. The van der Waals surface area contributed by atoms with Crippen LogP contribution in [0, 0.1) is 0 Å². The molecule has 0 fully saturated rings. The fourth-order valence-electron chi connectivity index (χ4n) is 3.19. The number of carboxylic acid groups (broad SMARTS) is 1. The quantitative estimate of drug-likeness (QED) is 0.0606. The highest BCUT2D eigenvalue weighted by Crippen LogP contribution is 2.18. The number of rotatable bonds is 25. The fourth-order valence-corrected chi connectivity index (χ4v) is 3.19. The third kappa shape index (κ3) is 42.3. The lowest BCUT2D eigenvalue weighted by Crippen LogP contribution is -2.43. The molecule has 17 nitrogen and oxygen atoms in total. The van der Waals surface area contributed by atoms with Gasteiger partial charge in [-0.1, -0.05) is 0 Å². The molecule has 0 bridgehead atoms. The minimum absolute atomic E-state index is 0.100. The molecule has 0 saturated carbocycles. The van der Waals surface area contributed by atoms with Crippen LogP contribution in [0.25, 0.3) is 0 Å². The maximum Gasteiger partial charge on any atom is 0.334 e. The summed E-state index contributed by atoms with van der Waals surface area (Å²) in [5.41, 5.74) is -0.899. The van der Waals surface area contributed by atoms with Crippen molar-refractivity contribution in [2.45, 2.75) is 125 Å². The van der Waals surface area contributed by atoms with Crippen molar-refractivity contribution in [1.29, 1.82) is 0 Å². The highest BCUT2D eigenvalue weighted by Gasteiger charge is 2.26. The molecule has 0 aromatic rings. The van der Waals surface area contributed by atoms with Crippen molar-refractivity contribution in [3.63, 3.8) is 0 Å². The molecular weight excluding hydrogens is 714 g/mol. The predicted octanol–water partition coefficient (Wildman–Crippen LogP) is 3.86. The molecule has 0 aliphatic carbocycles. The monoisotopic (exact) mass is 787 g/mol. The summed E-state index contributed by atoms with van der Waals surface area (Å²) in [4.78, 5) is 45.8. The molecule has 1 N–H and O–H groups in total. The van der Waals surface area contributed by atoms with E-state index in [0.717, 1.165) is 0 Å². The minimum atomic E-state index is -1.01. The highest BCUT2D eigenvalue weighted by atomic mass is 16.7. The third-order valence-electron chi connectivity index (χ3n) is 5.37. The molecule has 0 aromatic carbocycles. The summed E-state index contributed by atoms with van der Waals surface area (Å²) >= 11 is 0. The number of esters is 3. The van der Waals surface area contributed by atoms with Crippen LogP contribution in [0.15, 0.2) is 0 Å². The topological polar surface area (TPSA) is 193 Å². The molecule has 0 amide bonds. The van der Waals surface area contributed by atoms with Crippen LogP contribution in [-0.2, 0) is 71.3 Å². The van der Waals surface area contributed by atoms with Crippen LogP contribution in [-0.4, -0.2) is 163 Å². The average Bonchev–Trinajstić information content (AvgIpc) is 3.01. The molecule has 0 saturated heterocycles. The van der Waals surface area contributed by atoms with Gasteiger partial charge >= 0.3 is 23.9 Å². The zero-order valence-electron chi connectivity index (χ0n) is 35.7. The van der Waals surface area contributed by atoms with E-state index in [1.807, 2.05) is 60.5 Å². The lowest BCUT2D eigenvalue weighted by Gasteiger charge is -2.35. The van der Waals surface area contributed by atoms with Crippen LogP contribution in [0.5, 0.6) is 0 Å². The summed E-state index contributed by atoms with van der Waals surface area (Å²) in [5, 5.41) is 8.28. The summed E-state index contributed by atoms with van der Waals surface area (Å²) in [7, 11) is 3.89. The van der Waals surface area contributed by atoms with Crippen molar-refractivity contribution in [2.24, 2.45) is 0 Å². The van der Waals surface area contributed by atoms with Crippen molar-refractivity contribution < 1.29 is 76.4 Å². The van der Waals surface area contributed by atoms with Gasteiger partial charge in [-0.3, -0.25) is 4.90 Å². The van der Waals surface area contributed by atoms with Gasteiger partial charge in [0.1, 0.15) is 18.8 Å². The van der Waals surface area contributed by atoms with Gasteiger partial charge in [-0.2, -0.15) is 0 Å². The van der Waals surface area contributed by atoms with Gasteiger partial charge < -0.3 is 57.2 Å². The molecule has 0 spiro atoms. The third-order valence-corrected chi connectivity index (χ3v) is 5.37. The normalized spacial score (nSPS) is 12.9. The van der Waals surface area contributed by atoms with E-state index in [-0.39, 0.29) is 69.8 Å². The molecule has 322 valence electrons. The van der Waals surface area contributed by atoms with E-state index in [4.69, 9.17) is 57.2 Å². The van der Waals surface area contributed by atoms with E-state index in [9.17, 15) is 19.2 Å². The molecule has 0 radical (unpaired) electrons. The van der Waals surface area contributed by atoms with E-state index >= 15 is 0 Å². The standard InChI is InChI=1S/C15H28O7.C11H25NO2.C11H20O7/c1-6-20-14(17)12(2)21-10-9-18-7-8-19-11-13(16)22-15(3,4)5;1-10(2,3)13-9(12(7)8)14-11(4,5)6;1-3-17-11(14)9(2)18-7-6-15-4-5-16-8-10(12)13/h12H,6-11H2,1-5H3;9H,1-8H3;9H,3-8H2,1-2H3,(H,12,13)/t12-;;9-/m0.0/s1. The smallest absolute Gasteiger partial charge is 0.334 e. The Kier molecular flexibility index (Phi) is 32.8. The van der Waals surface area contributed by atoms with Gasteiger partial charge in [0.05, 0.1) is 77.3 Å². The van der Waals surface area contributed by atoms with Gasteiger partial charge in [-0.25, -0.2) is 19.2 Å². The molecule has 0 heterocycles. The van der Waals surface area contributed by atoms with Crippen LogP contribution in [0.1, 0.15) is 90.0 Å². The lowest BCUT2D eigenvalue weighted by atomic mass is 10.2. The molecule has 17 heteroatoms. The second kappa shape index (κ2) is 31.7. The second-order valence-corrected chi connectivity index (χ2v) is 14.6. The Balaban J connectivity index is -0.000000741. The van der Waals surface area contributed by atoms with Crippen molar-refractivity contribution in [2.75, 3.05) is 93.4 Å². The predicted molar refractivity (Wildman–Crippen MR) is 200 cm³/mol. The highest BCUT2D eigenvalue weighted by molar-refractivity contribution is 5.74. The van der Waals surface area contributed by atoms with Gasteiger partial charge in [0.2, 0.25) is 6.41 Å². The van der Waals surface area contributed by atoms with Crippen molar-refractivity contribution in [1.82, 2.24) is 4.90 Å². The van der Waals surface area contributed by atoms with E-state index in [1.54, 1.807) is 48.5 Å². The van der Waals surface area contributed by atoms with Crippen LogP contribution in [0.2, 0.25) is 0 Å². The lowest BCUT2D eigenvalue weighted by molar-refractivity contribution is -0.285. The molecule has 0 unspecified atom stereocenters. The Morgan fingerprint density at radius 2 is 0.907 bits per heavy atom. The first kappa shape index (κ1) is 55.9. The van der Waals surface area contributed by atoms with Crippen molar-refractivity contribution in [3.8, 4) is 0 Å². The average molecular weight is 788 g/mol. The minimum Gasteiger partial charge on any atom is -0.480 e. The zero-order valence-corrected chi connectivity index (χ0v) is 35.7. The summed E-state index contributed by atoms with van der Waals surface area (Å²) in [5.74, 6) is -2.20. The first-order valence-corrected chi connectivity index (χ1v) is 18.2. The van der Waals surface area contributed by atoms with Crippen LogP contribution in [0.3, 0.4) is 0 Å². The first-order valence-electron chi connectivity index (χ1n) is 18.2. The number of hydrogen-bond donors (Lipinski definition) is 1. The summed E-state index contributed by atoms with van der Waals surface area (Å²) < 4.78 is 56.8. The Labute approximate surface area is 323 Å². The molecule has 0 aliphatic rings. The molecule has 0 aromatic heterocycles. The van der Waals surface area contributed by atoms with E-state index < -0.39 is 35.7 Å². The number of carboxylic acids is 1. The van der Waals surface area contributed by atoms with Gasteiger partial charge in [-0.15, -0.1) is 0 Å². The fraction of sp³-hybridized carbons (Fsp3) is 0.892. The maximum atomic E-state index is 11.3. The number of carbonyl (C=O) groups is 4. The SMILES string of the molecule is CCOC(=O)[C@H](C)OCCOCCOCC(=O)O.CCOC(=O)[C@H](C)OCCOCCOCC(=O)OC(C)(C)C.CN(C)C(OC(C)(C)C)OC(C)(C)C. The Hall–Kier alpha value is -2.48. The molecule has 54 heavy (non-hydrogen) atoms. The number of hydrogen-bond acceptors (Lipinski definition) is 16. The number of carbonyl (C=O) groups excluding carboxylic acids is 3. The van der Waals surface area contributed by atoms with E-state index in [2.05, 4.69) is 0 Å². The molecule has 0 aliphatic heterocycles. The molecule has 2 atom stereocenters. The van der Waals surface area contributed by atoms with Crippen LogP contribution >= 0.6 is 0 Å². The number of nitrogens with zero attached hydrogens (tertiary/aromatic N) is 1. The molecular formula is C37H73NO16. The zero-order chi connectivity index (χ0) is 42.4. The van der Waals surface area contributed by atoms with E-state index in [1.165, 1.54) is 0 Å². The maximum absolute atomic E-state index is 11.3. The van der Waals surface area contributed by atoms with Crippen LogP contribution in [0.4, 0.5) is 0 Å². The summed E-state index contributed by atoms with van der Waals surface area (Å²) in [6.07, 6.45) is -1.52. The van der Waals surface area contributed by atoms with E-state index in [0.29, 0.717) is 33.0 Å². The second-order valence-electron chi connectivity index (χ2n) is 14.6. The Morgan fingerprint density at radius 3 is 1.22 bits per heavy atom. The van der Waals surface area contributed by atoms with Gasteiger partial charge in [-0.05, 0) is 104 Å². The van der Waals surface area contributed by atoms with Crippen LogP contribution < -0.4 is 0 Å². The molecule has 0 rings (SSSR count). The number of aliphatic carboxylic acids is 1. The van der Waals surface area contributed by atoms with Gasteiger partial charge in [0, 0.05) is 0 Å². The number of ether oxygens (including phenoxy) is 11. The Bertz CT molecular complexity index is 957. The van der Waals surface area contributed by atoms with Crippen molar-refractivity contribution >= 4 is 23.9 Å².